The van der Waals surface area contributed by atoms with Gasteiger partial charge in [0.25, 0.3) is 5.91 Å². The second kappa shape index (κ2) is 9.42. The minimum atomic E-state index is -1.11. The largest absolute Gasteiger partial charge is 0.497 e. The standard InChI is InChI=1S/C24H19NO5S2/c1-29-17-9-7-16(8-10-17)20-12-11-18(30-20)14-21-22(26)25(24(31)32-21)19(23(27)28)13-15-5-3-2-4-6-15/h2-12,14,19H,13H2,1H3,(H,27,28)/b21-14+. The maximum atomic E-state index is 13.0. The summed E-state index contributed by atoms with van der Waals surface area (Å²) in [6.07, 6.45) is 1.76. The first kappa shape index (κ1) is 21.9. The van der Waals surface area contributed by atoms with E-state index in [1.54, 1.807) is 19.3 Å². The van der Waals surface area contributed by atoms with E-state index in [2.05, 4.69) is 0 Å². The number of carboxylic acid groups (broad SMARTS) is 1. The topological polar surface area (TPSA) is 80.0 Å². The second-order valence-corrected chi connectivity index (χ2v) is 8.70. The molecule has 1 aliphatic heterocycles. The van der Waals surface area contributed by atoms with Gasteiger partial charge in [-0.25, -0.2) is 4.79 Å². The van der Waals surface area contributed by atoms with E-state index >= 15 is 0 Å². The number of amides is 1. The number of nitrogens with zero attached hydrogens (tertiary/aromatic N) is 1. The lowest BCUT2D eigenvalue weighted by atomic mass is 10.0. The zero-order chi connectivity index (χ0) is 22.7. The normalized spacial score (nSPS) is 15.9. The van der Waals surface area contributed by atoms with Crippen LogP contribution in [0.4, 0.5) is 0 Å². The van der Waals surface area contributed by atoms with Gasteiger partial charge in [-0.2, -0.15) is 0 Å². The summed E-state index contributed by atoms with van der Waals surface area (Å²) in [5.41, 5.74) is 1.68. The van der Waals surface area contributed by atoms with Gasteiger partial charge in [-0.15, -0.1) is 0 Å². The fraction of sp³-hybridized carbons (Fsp3) is 0.125. The van der Waals surface area contributed by atoms with Crippen LogP contribution in [0.5, 0.6) is 5.75 Å². The molecule has 3 aromatic rings. The van der Waals surface area contributed by atoms with Crippen molar-refractivity contribution < 1.29 is 23.8 Å². The van der Waals surface area contributed by atoms with Crippen molar-refractivity contribution in [3.63, 3.8) is 0 Å². The van der Waals surface area contributed by atoms with E-state index in [9.17, 15) is 14.7 Å². The molecule has 1 unspecified atom stereocenters. The Labute approximate surface area is 194 Å². The molecule has 1 amide bonds. The van der Waals surface area contributed by atoms with E-state index in [0.29, 0.717) is 16.4 Å². The van der Waals surface area contributed by atoms with Crippen LogP contribution in [0.1, 0.15) is 11.3 Å². The highest BCUT2D eigenvalue weighted by Crippen LogP contribution is 2.35. The van der Waals surface area contributed by atoms with Crippen molar-refractivity contribution in [2.45, 2.75) is 12.5 Å². The molecule has 1 atom stereocenters. The molecule has 0 saturated carbocycles. The van der Waals surface area contributed by atoms with Crippen molar-refractivity contribution in [1.82, 2.24) is 4.90 Å². The van der Waals surface area contributed by atoms with Crippen molar-refractivity contribution in [1.29, 1.82) is 0 Å². The van der Waals surface area contributed by atoms with Crippen molar-refractivity contribution in [2.75, 3.05) is 7.11 Å². The lowest BCUT2D eigenvalue weighted by molar-refractivity contribution is -0.145. The van der Waals surface area contributed by atoms with Gasteiger partial charge in [0.15, 0.2) is 0 Å². The maximum absolute atomic E-state index is 13.0. The molecule has 1 N–H and O–H groups in total. The summed E-state index contributed by atoms with van der Waals surface area (Å²) in [4.78, 5) is 26.5. The Morgan fingerprint density at radius 2 is 1.88 bits per heavy atom. The fourth-order valence-corrected chi connectivity index (χ4v) is 4.68. The third-order valence-electron chi connectivity index (χ3n) is 4.97. The minimum absolute atomic E-state index is 0.165. The second-order valence-electron chi connectivity index (χ2n) is 7.03. The average Bonchev–Trinajstić information content (AvgIpc) is 3.37. The monoisotopic (exact) mass is 465 g/mol. The summed E-state index contributed by atoms with van der Waals surface area (Å²) in [7, 11) is 1.60. The molecule has 0 aliphatic carbocycles. The number of furan rings is 1. The van der Waals surface area contributed by atoms with Gasteiger partial charge in [0.1, 0.15) is 27.6 Å². The number of benzene rings is 2. The Morgan fingerprint density at radius 3 is 2.53 bits per heavy atom. The average molecular weight is 466 g/mol. The van der Waals surface area contributed by atoms with Crippen LogP contribution in [0.2, 0.25) is 0 Å². The van der Waals surface area contributed by atoms with Gasteiger partial charge in [-0.3, -0.25) is 9.69 Å². The predicted octanol–water partition coefficient (Wildman–Crippen LogP) is 4.85. The third-order valence-corrected chi connectivity index (χ3v) is 6.30. The molecular weight excluding hydrogens is 446 g/mol. The zero-order valence-electron chi connectivity index (χ0n) is 17.1. The summed E-state index contributed by atoms with van der Waals surface area (Å²) in [5, 5.41) is 9.76. The number of aliphatic carboxylic acids is 1. The Balaban J connectivity index is 1.55. The van der Waals surface area contributed by atoms with Crippen molar-refractivity contribution in [3.8, 4) is 17.1 Å². The number of carbonyl (C=O) groups is 2. The first-order chi connectivity index (χ1) is 15.5. The number of methoxy groups -OCH3 is 1. The molecule has 1 fully saturated rings. The highest BCUT2D eigenvalue weighted by atomic mass is 32.2. The van der Waals surface area contributed by atoms with E-state index in [-0.39, 0.29) is 10.7 Å². The predicted molar refractivity (Wildman–Crippen MR) is 127 cm³/mol. The third kappa shape index (κ3) is 4.61. The van der Waals surface area contributed by atoms with Gasteiger partial charge in [-0.05, 0) is 42.0 Å². The van der Waals surface area contributed by atoms with E-state index in [4.69, 9.17) is 21.4 Å². The smallest absolute Gasteiger partial charge is 0.327 e. The Bertz CT molecular complexity index is 1180. The van der Waals surface area contributed by atoms with Crippen LogP contribution < -0.4 is 4.74 Å². The molecule has 162 valence electrons. The lowest BCUT2D eigenvalue weighted by Gasteiger charge is -2.23. The summed E-state index contributed by atoms with van der Waals surface area (Å²) in [5.74, 6) is 0.317. The van der Waals surface area contributed by atoms with Crippen LogP contribution in [0.25, 0.3) is 17.4 Å². The van der Waals surface area contributed by atoms with Crippen molar-refractivity contribution in [2.24, 2.45) is 0 Å². The van der Waals surface area contributed by atoms with Gasteiger partial charge in [0.05, 0.1) is 12.0 Å². The van der Waals surface area contributed by atoms with E-state index in [0.717, 1.165) is 28.6 Å². The summed E-state index contributed by atoms with van der Waals surface area (Å²) in [6, 6.07) is 19.1. The van der Waals surface area contributed by atoms with Crippen LogP contribution in [-0.2, 0) is 16.0 Å². The van der Waals surface area contributed by atoms with Crippen molar-refractivity contribution in [3.05, 3.63) is 83.0 Å². The molecule has 0 radical (unpaired) electrons. The molecule has 1 saturated heterocycles. The molecule has 8 heteroatoms. The molecule has 32 heavy (non-hydrogen) atoms. The minimum Gasteiger partial charge on any atom is -0.497 e. The first-order valence-corrected chi connectivity index (χ1v) is 11.0. The van der Waals surface area contributed by atoms with E-state index in [1.807, 2.05) is 60.7 Å². The number of thiocarbonyl (C=S) groups is 1. The molecule has 1 aromatic heterocycles. The summed E-state index contributed by atoms with van der Waals surface area (Å²) >= 11 is 6.42. The molecule has 0 bridgehead atoms. The van der Waals surface area contributed by atoms with Crippen LogP contribution in [0.3, 0.4) is 0 Å². The quantitative estimate of drug-likeness (QED) is 0.395. The number of carboxylic acids is 1. The van der Waals surface area contributed by atoms with E-state index in [1.165, 1.54) is 4.90 Å². The van der Waals surface area contributed by atoms with Crippen LogP contribution in [0.15, 0.2) is 76.1 Å². The first-order valence-electron chi connectivity index (χ1n) is 9.74. The number of thioether (sulfide) groups is 1. The molecule has 0 spiro atoms. The summed E-state index contributed by atoms with van der Waals surface area (Å²) < 4.78 is 11.2. The van der Waals surface area contributed by atoms with Crippen LogP contribution in [-0.4, -0.2) is 39.4 Å². The fourth-order valence-electron chi connectivity index (χ4n) is 3.34. The van der Waals surface area contributed by atoms with Gasteiger partial charge in [-0.1, -0.05) is 54.3 Å². The number of hydrogen-bond donors (Lipinski definition) is 1. The van der Waals surface area contributed by atoms with E-state index < -0.39 is 17.9 Å². The lowest BCUT2D eigenvalue weighted by Crippen LogP contribution is -2.45. The molecule has 2 heterocycles. The molecular formula is C24H19NO5S2. The highest BCUT2D eigenvalue weighted by molar-refractivity contribution is 8.26. The Hall–Kier alpha value is -3.36. The number of carbonyl (C=O) groups excluding carboxylic acids is 1. The summed E-state index contributed by atoms with van der Waals surface area (Å²) in [6.45, 7) is 0. The SMILES string of the molecule is COc1ccc(-c2ccc(/C=C3/SC(=S)N(C(Cc4ccccc4)C(=O)O)C3=O)o2)cc1. The Morgan fingerprint density at radius 1 is 1.16 bits per heavy atom. The molecule has 6 nitrogen and oxygen atoms in total. The zero-order valence-corrected chi connectivity index (χ0v) is 18.7. The molecule has 1 aliphatic rings. The van der Waals surface area contributed by atoms with Crippen LogP contribution >= 0.6 is 24.0 Å². The maximum Gasteiger partial charge on any atom is 0.327 e. The number of ether oxygens (including phenoxy) is 1. The Kier molecular flexibility index (Phi) is 6.43. The number of rotatable bonds is 7. The number of hydrogen-bond acceptors (Lipinski definition) is 6. The molecule has 4 rings (SSSR count). The van der Waals surface area contributed by atoms with Gasteiger partial charge >= 0.3 is 5.97 Å². The highest BCUT2D eigenvalue weighted by Gasteiger charge is 2.40. The van der Waals surface area contributed by atoms with Crippen LogP contribution in [0, 0.1) is 0 Å². The van der Waals surface area contributed by atoms with Gasteiger partial charge in [0, 0.05) is 18.1 Å². The van der Waals surface area contributed by atoms with Gasteiger partial charge < -0.3 is 14.3 Å². The molecule has 2 aromatic carbocycles. The van der Waals surface area contributed by atoms with Gasteiger partial charge in [0.2, 0.25) is 0 Å². The van der Waals surface area contributed by atoms with Crippen molar-refractivity contribution >= 4 is 46.3 Å².